The van der Waals surface area contributed by atoms with Gasteiger partial charge in [0.15, 0.2) is 0 Å². The molecule has 0 aliphatic carbocycles. The number of Topliss-reactive ketones (excluding diaryl/α,β-unsaturated/α-hetero) is 1. The molecule has 1 aromatic heterocycles. The molecule has 6 nitrogen and oxygen atoms in total. The number of methoxy groups -OCH3 is 1. The number of likely N-dealkylation sites (tertiary alicyclic amines) is 1. The van der Waals surface area contributed by atoms with Gasteiger partial charge in [-0.2, -0.15) is 0 Å². The molecule has 1 atom stereocenters. The summed E-state index contributed by atoms with van der Waals surface area (Å²) in [5, 5.41) is 11.0. The van der Waals surface area contributed by atoms with Crippen molar-refractivity contribution < 1.29 is 19.4 Å². The van der Waals surface area contributed by atoms with E-state index in [2.05, 4.69) is 4.98 Å². The van der Waals surface area contributed by atoms with Gasteiger partial charge in [0.2, 0.25) is 0 Å². The largest absolute Gasteiger partial charge is 0.507 e. The molecule has 1 amide bonds. The van der Waals surface area contributed by atoms with Crippen molar-refractivity contribution in [3.8, 4) is 5.75 Å². The Morgan fingerprint density at radius 3 is 2.30 bits per heavy atom. The van der Waals surface area contributed by atoms with E-state index in [1.165, 1.54) is 4.90 Å². The van der Waals surface area contributed by atoms with E-state index in [1.807, 2.05) is 30.3 Å². The third-order valence-electron chi connectivity index (χ3n) is 5.12. The Hall–Kier alpha value is -3.93. The van der Waals surface area contributed by atoms with Gasteiger partial charge in [-0.3, -0.25) is 14.6 Å². The van der Waals surface area contributed by atoms with E-state index < -0.39 is 17.7 Å². The molecule has 1 N–H and O–H groups in total. The smallest absolute Gasteiger partial charge is 0.295 e. The highest BCUT2D eigenvalue weighted by atomic mass is 16.5. The fourth-order valence-corrected chi connectivity index (χ4v) is 3.61. The number of nitrogens with zero attached hydrogens (tertiary/aromatic N) is 2. The Morgan fingerprint density at radius 1 is 1.00 bits per heavy atom. The third kappa shape index (κ3) is 3.55. The number of amides is 1. The lowest BCUT2D eigenvalue weighted by molar-refractivity contribution is -0.140. The number of hydrogen-bond donors (Lipinski definition) is 1. The zero-order valence-electron chi connectivity index (χ0n) is 16.4. The first-order valence-corrected chi connectivity index (χ1v) is 9.47. The number of carbonyl (C=O) groups excluding carboxylic acids is 2. The molecule has 2 aromatic carbocycles. The van der Waals surface area contributed by atoms with E-state index in [1.54, 1.807) is 55.9 Å². The van der Waals surface area contributed by atoms with E-state index in [0.717, 1.165) is 11.1 Å². The van der Waals surface area contributed by atoms with Gasteiger partial charge in [-0.05, 0) is 47.5 Å². The van der Waals surface area contributed by atoms with Gasteiger partial charge in [0, 0.05) is 24.5 Å². The number of benzene rings is 2. The van der Waals surface area contributed by atoms with Crippen molar-refractivity contribution in [1.82, 2.24) is 9.88 Å². The summed E-state index contributed by atoms with van der Waals surface area (Å²) in [6.07, 6.45) is 3.28. The Labute approximate surface area is 174 Å². The summed E-state index contributed by atoms with van der Waals surface area (Å²) in [4.78, 5) is 31.4. The minimum atomic E-state index is -0.703. The second kappa shape index (κ2) is 8.21. The zero-order chi connectivity index (χ0) is 21.1. The number of aromatic nitrogens is 1. The van der Waals surface area contributed by atoms with Gasteiger partial charge >= 0.3 is 0 Å². The maximum atomic E-state index is 13.0. The van der Waals surface area contributed by atoms with Crippen molar-refractivity contribution >= 4 is 17.4 Å². The Bertz CT molecular complexity index is 1090. The van der Waals surface area contributed by atoms with E-state index in [0.29, 0.717) is 11.3 Å². The number of carbonyl (C=O) groups is 2. The number of pyridine rings is 1. The van der Waals surface area contributed by atoms with Crippen molar-refractivity contribution in [3.63, 3.8) is 0 Å². The summed E-state index contributed by atoms with van der Waals surface area (Å²) in [5.41, 5.74) is 2.11. The molecule has 1 unspecified atom stereocenters. The van der Waals surface area contributed by atoms with Crippen LogP contribution >= 0.6 is 0 Å². The zero-order valence-corrected chi connectivity index (χ0v) is 16.4. The highest BCUT2D eigenvalue weighted by molar-refractivity contribution is 6.46. The molecule has 2 heterocycles. The molecular weight excluding hydrogens is 380 g/mol. The maximum absolute atomic E-state index is 13.0. The van der Waals surface area contributed by atoms with Crippen LogP contribution in [0.3, 0.4) is 0 Å². The van der Waals surface area contributed by atoms with Crippen LogP contribution in [-0.2, 0) is 16.1 Å². The quantitative estimate of drug-likeness (QED) is 0.401. The third-order valence-corrected chi connectivity index (χ3v) is 5.12. The summed E-state index contributed by atoms with van der Waals surface area (Å²) < 4.78 is 5.15. The average Bonchev–Trinajstić information content (AvgIpc) is 3.05. The van der Waals surface area contributed by atoms with Crippen molar-refractivity contribution in [2.45, 2.75) is 12.6 Å². The molecule has 1 aliphatic heterocycles. The fourth-order valence-electron chi connectivity index (χ4n) is 3.61. The normalized spacial score (nSPS) is 17.9. The van der Waals surface area contributed by atoms with Gasteiger partial charge in [-0.1, -0.05) is 30.3 Å². The summed E-state index contributed by atoms with van der Waals surface area (Å²) in [6.45, 7) is 0.228. The number of ketones is 1. The second-order valence-electron chi connectivity index (χ2n) is 6.92. The van der Waals surface area contributed by atoms with Crippen LogP contribution in [0.4, 0.5) is 0 Å². The van der Waals surface area contributed by atoms with Crippen LogP contribution in [0.15, 0.2) is 84.7 Å². The van der Waals surface area contributed by atoms with E-state index in [9.17, 15) is 14.7 Å². The maximum Gasteiger partial charge on any atom is 0.295 e. The number of hydrogen-bond acceptors (Lipinski definition) is 5. The van der Waals surface area contributed by atoms with E-state index in [-0.39, 0.29) is 17.9 Å². The molecule has 0 bridgehead atoms. The first kappa shape index (κ1) is 19.4. The van der Waals surface area contributed by atoms with Crippen LogP contribution in [0, 0.1) is 0 Å². The van der Waals surface area contributed by atoms with Gasteiger partial charge in [0.25, 0.3) is 11.7 Å². The summed E-state index contributed by atoms with van der Waals surface area (Å²) in [5.74, 6) is -0.923. The number of aliphatic hydroxyl groups excluding tert-OH is 1. The molecule has 6 heteroatoms. The molecular formula is C24H20N2O4. The van der Waals surface area contributed by atoms with Gasteiger partial charge < -0.3 is 14.7 Å². The molecule has 0 radical (unpaired) electrons. The van der Waals surface area contributed by atoms with E-state index in [4.69, 9.17) is 4.74 Å². The van der Waals surface area contributed by atoms with Gasteiger partial charge in [0.1, 0.15) is 11.5 Å². The molecule has 1 fully saturated rings. The second-order valence-corrected chi connectivity index (χ2v) is 6.92. The first-order valence-electron chi connectivity index (χ1n) is 9.47. The minimum absolute atomic E-state index is 0.0745. The first-order chi connectivity index (χ1) is 14.6. The SMILES string of the molecule is COc1ccc(/C(O)=C2/C(=O)C(=O)N(Cc3ccncc3)C2c2ccccc2)cc1. The molecule has 1 saturated heterocycles. The molecule has 30 heavy (non-hydrogen) atoms. The Morgan fingerprint density at radius 2 is 1.67 bits per heavy atom. The molecule has 0 saturated carbocycles. The van der Waals surface area contributed by atoms with Crippen LogP contribution in [-0.4, -0.2) is 33.8 Å². The monoisotopic (exact) mass is 400 g/mol. The van der Waals surface area contributed by atoms with Gasteiger partial charge in [0.05, 0.1) is 18.7 Å². The van der Waals surface area contributed by atoms with E-state index >= 15 is 0 Å². The minimum Gasteiger partial charge on any atom is -0.507 e. The number of ether oxygens (including phenoxy) is 1. The predicted octanol–water partition coefficient (Wildman–Crippen LogP) is 3.71. The lowest BCUT2D eigenvalue weighted by atomic mass is 9.95. The van der Waals surface area contributed by atoms with Crippen LogP contribution in [0.1, 0.15) is 22.7 Å². The van der Waals surface area contributed by atoms with Gasteiger partial charge in [-0.25, -0.2) is 0 Å². The number of aliphatic hydroxyl groups is 1. The molecule has 3 aromatic rings. The van der Waals surface area contributed by atoms with Crippen molar-refractivity contribution in [1.29, 1.82) is 0 Å². The molecule has 4 rings (SSSR count). The lowest BCUT2D eigenvalue weighted by Crippen LogP contribution is -2.29. The number of rotatable bonds is 5. The molecule has 150 valence electrons. The van der Waals surface area contributed by atoms with Crippen molar-refractivity contribution in [2.75, 3.05) is 7.11 Å². The lowest BCUT2D eigenvalue weighted by Gasteiger charge is -2.25. The van der Waals surface area contributed by atoms with Crippen LogP contribution in [0.25, 0.3) is 5.76 Å². The average molecular weight is 400 g/mol. The van der Waals surface area contributed by atoms with Gasteiger partial charge in [-0.15, -0.1) is 0 Å². The van der Waals surface area contributed by atoms with Crippen molar-refractivity contribution in [2.24, 2.45) is 0 Å². The topological polar surface area (TPSA) is 79.7 Å². The highest BCUT2D eigenvalue weighted by Crippen LogP contribution is 2.40. The van der Waals surface area contributed by atoms with Crippen molar-refractivity contribution in [3.05, 3.63) is 101 Å². The summed E-state index contributed by atoms with van der Waals surface area (Å²) >= 11 is 0. The molecule has 1 aliphatic rings. The molecule has 0 spiro atoms. The Balaban J connectivity index is 1.83. The standard InChI is InChI=1S/C24H20N2O4/c1-30-19-9-7-18(8-10-19)22(27)20-21(17-5-3-2-4-6-17)26(24(29)23(20)28)15-16-11-13-25-14-12-16/h2-14,21,27H,15H2,1H3/b22-20-. The van der Waals surface area contributed by atoms with Crippen LogP contribution in [0.5, 0.6) is 5.75 Å². The Kier molecular flexibility index (Phi) is 5.30. The summed E-state index contributed by atoms with van der Waals surface area (Å²) in [6, 6.07) is 18.8. The highest BCUT2D eigenvalue weighted by Gasteiger charge is 2.45. The predicted molar refractivity (Wildman–Crippen MR) is 112 cm³/mol. The summed E-state index contributed by atoms with van der Waals surface area (Å²) in [7, 11) is 1.55. The van der Waals surface area contributed by atoms with Crippen LogP contribution in [0.2, 0.25) is 0 Å². The fraction of sp³-hybridized carbons (Fsp3) is 0.125. The van der Waals surface area contributed by atoms with Crippen LogP contribution < -0.4 is 4.74 Å².